The molecular formula is C19H21ClO3. The van der Waals surface area contributed by atoms with E-state index in [0.29, 0.717) is 22.1 Å². The van der Waals surface area contributed by atoms with Crippen LogP contribution in [0.5, 0.6) is 11.5 Å². The van der Waals surface area contributed by atoms with E-state index >= 15 is 0 Å². The predicted molar refractivity (Wildman–Crippen MR) is 92.7 cm³/mol. The minimum absolute atomic E-state index is 0.000493. The maximum absolute atomic E-state index is 11.0. The molecule has 0 atom stereocenters. The van der Waals surface area contributed by atoms with Crippen molar-refractivity contribution < 1.29 is 14.6 Å². The van der Waals surface area contributed by atoms with Crippen LogP contribution in [0.15, 0.2) is 36.4 Å². The van der Waals surface area contributed by atoms with Crippen molar-refractivity contribution >= 4 is 17.6 Å². The smallest absolute Gasteiger partial charge is 0.307 e. The Morgan fingerprint density at radius 3 is 2.35 bits per heavy atom. The Hall–Kier alpha value is -2.00. The zero-order valence-electron chi connectivity index (χ0n) is 13.8. The molecule has 0 saturated carbocycles. The highest BCUT2D eigenvalue weighted by atomic mass is 35.5. The lowest BCUT2D eigenvalue weighted by Crippen LogP contribution is -2.10. The summed E-state index contributed by atoms with van der Waals surface area (Å²) in [6.45, 7) is 8.26. The summed E-state index contributed by atoms with van der Waals surface area (Å²) in [5, 5.41) is 9.56. The van der Waals surface area contributed by atoms with Crippen LogP contribution in [0.2, 0.25) is 5.02 Å². The first kappa shape index (κ1) is 17.4. The summed E-state index contributed by atoms with van der Waals surface area (Å²) < 4.78 is 5.87. The predicted octanol–water partition coefficient (Wildman–Crippen LogP) is 5.37. The molecule has 122 valence electrons. The standard InChI is InChI=1S/C19H21ClO3/c1-12-5-7-16(13(9-12)10-18(21)22)23-17-8-6-14(11-15(17)20)19(2,3)4/h5-9,11H,10H2,1-4H3,(H,21,22). The first-order valence-corrected chi connectivity index (χ1v) is 7.84. The Bertz CT molecular complexity index is 730. The number of ether oxygens (including phenoxy) is 1. The van der Waals surface area contributed by atoms with Gasteiger partial charge in [-0.1, -0.05) is 56.1 Å². The number of hydrogen-bond donors (Lipinski definition) is 1. The molecule has 0 aliphatic heterocycles. The lowest BCUT2D eigenvalue weighted by atomic mass is 9.87. The van der Waals surface area contributed by atoms with Crippen LogP contribution in [0.4, 0.5) is 0 Å². The van der Waals surface area contributed by atoms with Crippen LogP contribution < -0.4 is 4.74 Å². The number of carboxylic acid groups (broad SMARTS) is 1. The molecule has 0 radical (unpaired) electrons. The van der Waals surface area contributed by atoms with E-state index in [1.165, 1.54) is 0 Å². The molecule has 2 aromatic carbocycles. The van der Waals surface area contributed by atoms with Crippen LogP contribution in [0.1, 0.15) is 37.5 Å². The molecule has 0 heterocycles. The minimum atomic E-state index is -0.894. The molecule has 0 aliphatic rings. The summed E-state index contributed by atoms with van der Waals surface area (Å²) in [6, 6.07) is 11.2. The van der Waals surface area contributed by atoms with Gasteiger partial charge in [-0.05, 0) is 36.1 Å². The lowest BCUT2D eigenvalue weighted by molar-refractivity contribution is -0.136. The zero-order chi connectivity index (χ0) is 17.2. The van der Waals surface area contributed by atoms with E-state index in [2.05, 4.69) is 20.8 Å². The van der Waals surface area contributed by atoms with Crippen LogP contribution in [0.25, 0.3) is 0 Å². The van der Waals surface area contributed by atoms with E-state index in [1.807, 2.05) is 37.3 Å². The molecule has 2 aromatic rings. The highest BCUT2D eigenvalue weighted by Crippen LogP contribution is 2.35. The molecular weight excluding hydrogens is 312 g/mol. The maximum atomic E-state index is 11.0. The van der Waals surface area contributed by atoms with E-state index in [1.54, 1.807) is 6.07 Å². The van der Waals surface area contributed by atoms with E-state index in [0.717, 1.165) is 11.1 Å². The Morgan fingerprint density at radius 2 is 1.78 bits per heavy atom. The molecule has 2 rings (SSSR count). The van der Waals surface area contributed by atoms with Crippen molar-refractivity contribution in [1.29, 1.82) is 0 Å². The highest BCUT2D eigenvalue weighted by molar-refractivity contribution is 6.32. The lowest BCUT2D eigenvalue weighted by Gasteiger charge is -2.20. The average Bonchev–Trinajstić information content (AvgIpc) is 2.42. The molecule has 0 amide bonds. The largest absolute Gasteiger partial charge is 0.481 e. The minimum Gasteiger partial charge on any atom is -0.481 e. The quantitative estimate of drug-likeness (QED) is 0.819. The average molecular weight is 333 g/mol. The zero-order valence-corrected chi connectivity index (χ0v) is 14.6. The molecule has 4 heteroatoms. The van der Waals surface area contributed by atoms with E-state index in [4.69, 9.17) is 21.4 Å². The normalized spacial score (nSPS) is 11.3. The van der Waals surface area contributed by atoms with Gasteiger partial charge >= 0.3 is 5.97 Å². The van der Waals surface area contributed by atoms with Crippen molar-refractivity contribution in [1.82, 2.24) is 0 Å². The number of aliphatic carboxylic acids is 1. The van der Waals surface area contributed by atoms with E-state index < -0.39 is 5.97 Å². The van der Waals surface area contributed by atoms with Gasteiger partial charge in [-0.25, -0.2) is 0 Å². The Morgan fingerprint density at radius 1 is 1.13 bits per heavy atom. The van der Waals surface area contributed by atoms with Gasteiger partial charge in [0.05, 0.1) is 11.4 Å². The summed E-state index contributed by atoms with van der Waals surface area (Å²) >= 11 is 6.33. The van der Waals surface area contributed by atoms with E-state index in [-0.39, 0.29) is 11.8 Å². The van der Waals surface area contributed by atoms with Gasteiger partial charge in [-0.3, -0.25) is 4.79 Å². The third kappa shape index (κ3) is 4.49. The first-order valence-electron chi connectivity index (χ1n) is 7.46. The fraction of sp³-hybridized carbons (Fsp3) is 0.316. The van der Waals surface area contributed by atoms with Crippen LogP contribution in [0, 0.1) is 6.92 Å². The molecule has 3 nitrogen and oxygen atoms in total. The van der Waals surface area contributed by atoms with Crippen molar-refractivity contribution in [3.8, 4) is 11.5 Å². The fourth-order valence-corrected chi connectivity index (χ4v) is 2.50. The Labute approximate surface area is 141 Å². The van der Waals surface area contributed by atoms with Crippen LogP contribution in [0.3, 0.4) is 0 Å². The van der Waals surface area contributed by atoms with Crippen molar-refractivity contribution in [2.75, 3.05) is 0 Å². The van der Waals surface area contributed by atoms with Crippen LogP contribution in [-0.4, -0.2) is 11.1 Å². The molecule has 0 unspecified atom stereocenters. The monoisotopic (exact) mass is 332 g/mol. The number of carboxylic acids is 1. The molecule has 0 aliphatic carbocycles. The summed E-state index contributed by atoms with van der Waals surface area (Å²) in [4.78, 5) is 11.0. The number of benzene rings is 2. The third-order valence-corrected chi connectivity index (χ3v) is 3.87. The number of halogens is 1. The van der Waals surface area contributed by atoms with Gasteiger partial charge < -0.3 is 9.84 Å². The third-order valence-electron chi connectivity index (χ3n) is 3.58. The molecule has 0 bridgehead atoms. The molecule has 0 spiro atoms. The molecule has 0 fully saturated rings. The Kier molecular flexibility index (Phi) is 5.00. The van der Waals surface area contributed by atoms with Gasteiger partial charge in [0.1, 0.15) is 11.5 Å². The number of rotatable bonds is 4. The number of hydrogen-bond acceptors (Lipinski definition) is 2. The summed E-state index contributed by atoms with van der Waals surface area (Å²) in [5.74, 6) is 0.146. The summed E-state index contributed by atoms with van der Waals surface area (Å²) in [7, 11) is 0. The summed E-state index contributed by atoms with van der Waals surface area (Å²) in [6.07, 6.45) is -0.0886. The van der Waals surface area contributed by atoms with Crippen molar-refractivity contribution in [2.45, 2.75) is 39.5 Å². The maximum Gasteiger partial charge on any atom is 0.307 e. The molecule has 23 heavy (non-hydrogen) atoms. The van der Waals surface area contributed by atoms with E-state index in [9.17, 15) is 4.79 Å². The van der Waals surface area contributed by atoms with Gasteiger partial charge in [0.25, 0.3) is 0 Å². The van der Waals surface area contributed by atoms with Gasteiger partial charge in [0.2, 0.25) is 0 Å². The van der Waals surface area contributed by atoms with Gasteiger partial charge in [-0.15, -0.1) is 0 Å². The summed E-state index contributed by atoms with van der Waals surface area (Å²) in [5.41, 5.74) is 2.74. The van der Waals surface area contributed by atoms with Gasteiger partial charge in [0.15, 0.2) is 0 Å². The molecule has 1 N–H and O–H groups in total. The molecule has 0 saturated heterocycles. The van der Waals surface area contributed by atoms with Crippen molar-refractivity contribution in [2.24, 2.45) is 0 Å². The van der Waals surface area contributed by atoms with Crippen molar-refractivity contribution in [3.63, 3.8) is 0 Å². The Balaban J connectivity index is 2.34. The second kappa shape index (κ2) is 6.63. The highest BCUT2D eigenvalue weighted by Gasteiger charge is 2.16. The second-order valence-corrected chi connectivity index (χ2v) is 7.09. The van der Waals surface area contributed by atoms with Crippen LogP contribution >= 0.6 is 11.6 Å². The topological polar surface area (TPSA) is 46.5 Å². The van der Waals surface area contributed by atoms with Crippen molar-refractivity contribution in [3.05, 3.63) is 58.1 Å². The first-order chi connectivity index (χ1) is 10.7. The van der Waals surface area contributed by atoms with Gasteiger partial charge in [0, 0.05) is 5.56 Å². The van der Waals surface area contributed by atoms with Crippen LogP contribution in [-0.2, 0) is 16.6 Å². The molecule has 0 aromatic heterocycles. The number of carbonyl (C=O) groups is 1. The fourth-order valence-electron chi connectivity index (χ4n) is 2.28. The number of aryl methyl sites for hydroxylation is 1. The second-order valence-electron chi connectivity index (χ2n) is 6.68. The SMILES string of the molecule is Cc1ccc(Oc2ccc(C(C)(C)C)cc2Cl)c(CC(=O)O)c1. The van der Waals surface area contributed by atoms with Gasteiger partial charge in [-0.2, -0.15) is 0 Å².